The van der Waals surface area contributed by atoms with Crippen molar-refractivity contribution in [1.82, 2.24) is 19.6 Å². The van der Waals surface area contributed by atoms with Crippen LogP contribution < -0.4 is 0 Å². The lowest BCUT2D eigenvalue weighted by Gasteiger charge is -2.23. The number of piperidine rings is 2. The summed E-state index contributed by atoms with van der Waals surface area (Å²) < 4.78 is 0. The van der Waals surface area contributed by atoms with Crippen molar-refractivity contribution >= 4 is 47.6 Å². The van der Waals surface area contributed by atoms with Crippen LogP contribution in [0.25, 0.3) is 0 Å². The van der Waals surface area contributed by atoms with Crippen molar-refractivity contribution in [1.29, 1.82) is 0 Å². The van der Waals surface area contributed by atoms with E-state index in [-0.39, 0.29) is 11.8 Å². The average molecular weight is 711 g/mol. The number of amides is 2. The van der Waals surface area contributed by atoms with Gasteiger partial charge < -0.3 is 40.4 Å². The van der Waals surface area contributed by atoms with E-state index in [4.69, 9.17) is 59.4 Å². The van der Waals surface area contributed by atoms with Gasteiger partial charge in [-0.1, -0.05) is 36.5 Å². The van der Waals surface area contributed by atoms with Gasteiger partial charge in [0.2, 0.25) is 11.8 Å². The Morgan fingerprint density at radius 1 is 0.400 bits per heavy atom. The van der Waals surface area contributed by atoms with Gasteiger partial charge in [-0.25, -0.2) is 28.8 Å². The molecule has 50 heavy (non-hydrogen) atoms. The molecule has 0 aromatic heterocycles. The maximum Gasteiger partial charge on any atom is 0.414 e. The summed E-state index contributed by atoms with van der Waals surface area (Å²) in [5.74, 6) is 2.20. The average Bonchev–Trinajstić information content (AvgIpc) is 3.70. The van der Waals surface area contributed by atoms with Gasteiger partial charge in [-0.2, -0.15) is 0 Å². The lowest BCUT2D eigenvalue weighted by Crippen LogP contribution is -2.30. The number of hydrogen-bond donors (Lipinski definition) is 6. The van der Waals surface area contributed by atoms with Gasteiger partial charge in [0.05, 0.1) is 26.2 Å². The molecule has 4 fully saturated rings. The van der Waals surface area contributed by atoms with Crippen molar-refractivity contribution in [3.63, 3.8) is 0 Å². The number of carbonyl (C=O) groups is 8. The first-order valence-corrected chi connectivity index (χ1v) is 16.0. The van der Waals surface area contributed by atoms with Crippen LogP contribution in [0.2, 0.25) is 0 Å². The Morgan fingerprint density at radius 2 is 0.660 bits per heavy atom. The van der Waals surface area contributed by atoms with E-state index in [0.29, 0.717) is 25.9 Å². The van der Waals surface area contributed by atoms with Crippen molar-refractivity contribution in [3.8, 4) is 23.7 Å². The van der Waals surface area contributed by atoms with Crippen LogP contribution in [-0.2, 0) is 38.4 Å². The zero-order valence-corrected chi connectivity index (χ0v) is 27.9. The first-order valence-electron chi connectivity index (χ1n) is 16.0. The van der Waals surface area contributed by atoms with E-state index in [1.54, 1.807) is 0 Å². The number of likely N-dealkylation sites (tertiary alicyclic amines) is 4. The summed E-state index contributed by atoms with van der Waals surface area (Å²) in [7, 11) is 0. The molecule has 0 spiro atoms. The van der Waals surface area contributed by atoms with Crippen LogP contribution >= 0.6 is 0 Å². The Kier molecular flexibility index (Phi) is 23.9. The van der Waals surface area contributed by atoms with Crippen LogP contribution in [-0.4, -0.2) is 163 Å². The van der Waals surface area contributed by atoms with Gasteiger partial charge in [0.1, 0.15) is 0 Å². The predicted octanol–water partition coefficient (Wildman–Crippen LogP) is -0.337. The normalized spacial score (nSPS) is 16.7. The van der Waals surface area contributed by atoms with Gasteiger partial charge in [-0.05, 0) is 64.7 Å². The topological polar surface area (TPSA) is 271 Å². The molecule has 6 N–H and O–H groups in total. The molecule has 2 amide bonds. The summed E-state index contributed by atoms with van der Waals surface area (Å²) in [4.78, 5) is 85.8. The second kappa shape index (κ2) is 26.7. The molecule has 4 aliphatic heterocycles. The first kappa shape index (κ1) is 44.8. The number of carboxylic acids is 6. The van der Waals surface area contributed by atoms with Gasteiger partial charge in [0.15, 0.2) is 0 Å². The fourth-order valence-corrected chi connectivity index (χ4v) is 4.62. The van der Waals surface area contributed by atoms with Crippen molar-refractivity contribution < 1.29 is 69.0 Å². The SMILES string of the molecule is O=C(O)C(=O)O.O=C(O)C(=O)O.O=C(O)C(=O)O.O=C1CCCN1CC#CCN1CCCCC1.O=C1CCCN1CC#CCN1CCCCC1. The third kappa shape index (κ3) is 23.2. The van der Waals surface area contributed by atoms with Crippen molar-refractivity contribution in [2.45, 2.75) is 64.2 Å². The molecule has 0 atom stereocenters. The highest BCUT2D eigenvalue weighted by Crippen LogP contribution is 2.10. The van der Waals surface area contributed by atoms with Crippen LogP contribution in [0, 0.1) is 23.7 Å². The summed E-state index contributed by atoms with van der Waals surface area (Å²) in [5, 5.41) is 44.3. The minimum absolute atomic E-state index is 0.271. The van der Waals surface area contributed by atoms with Crippen molar-refractivity contribution in [2.24, 2.45) is 0 Å². The summed E-state index contributed by atoms with van der Waals surface area (Å²) in [6.45, 7) is 9.58. The van der Waals surface area contributed by atoms with Crippen LogP contribution in [0.3, 0.4) is 0 Å². The number of carboxylic acid groups (broad SMARTS) is 6. The predicted molar refractivity (Wildman–Crippen MR) is 174 cm³/mol. The molecule has 18 nitrogen and oxygen atoms in total. The molecule has 4 rings (SSSR count). The molecule has 0 saturated carbocycles. The zero-order chi connectivity index (χ0) is 37.9. The summed E-state index contributed by atoms with van der Waals surface area (Å²) in [6.07, 6.45) is 11.4. The van der Waals surface area contributed by atoms with Crippen molar-refractivity contribution in [3.05, 3.63) is 0 Å². The molecule has 4 heterocycles. The molecular weight excluding hydrogens is 664 g/mol. The van der Waals surface area contributed by atoms with E-state index in [0.717, 1.165) is 39.0 Å². The molecule has 0 aromatic rings. The Balaban J connectivity index is 0.000000657. The van der Waals surface area contributed by atoms with Crippen LogP contribution in [0.15, 0.2) is 0 Å². The molecular formula is C32H46N4O14. The van der Waals surface area contributed by atoms with E-state index >= 15 is 0 Å². The highest BCUT2D eigenvalue weighted by Gasteiger charge is 2.19. The lowest BCUT2D eigenvalue weighted by atomic mass is 10.1. The standard InChI is InChI=1S/2C13H20N2O.3C2H2O4/c2*16-13-7-6-12-15(13)11-5-4-10-14-8-2-1-3-9-14;3*3-1(4)2(5)6/h2*1-3,6-12H2;3*(H,3,4)(H,5,6). The second-order valence-electron chi connectivity index (χ2n) is 11.0. The quantitative estimate of drug-likeness (QED) is 0.161. The van der Waals surface area contributed by atoms with Crippen molar-refractivity contribution in [2.75, 3.05) is 65.4 Å². The number of rotatable bonds is 4. The van der Waals surface area contributed by atoms with E-state index in [1.807, 2.05) is 9.80 Å². The summed E-state index contributed by atoms with van der Waals surface area (Å²) in [6, 6.07) is 0. The maximum atomic E-state index is 11.3. The Bertz CT molecular complexity index is 1130. The van der Waals surface area contributed by atoms with E-state index in [2.05, 4.69) is 33.5 Å². The monoisotopic (exact) mass is 710 g/mol. The van der Waals surface area contributed by atoms with Crippen LogP contribution in [0.4, 0.5) is 0 Å². The summed E-state index contributed by atoms with van der Waals surface area (Å²) >= 11 is 0. The van der Waals surface area contributed by atoms with Gasteiger partial charge >= 0.3 is 35.8 Å². The number of carbonyl (C=O) groups excluding carboxylic acids is 2. The fraction of sp³-hybridized carbons (Fsp3) is 0.625. The molecule has 278 valence electrons. The van der Waals surface area contributed by atoms with Gasteiger partial charge in [0, 0.05) is 25.9 Å². The molecule has 18 heteroatoms. The van der Waals surface area contributed by atoms with E-state index in [1.165, 1.54) is 64.7 Å². The Morgan fingerprint density at radius 3 is 0.880 bits per heavy atom. The van der Waals surface area contributed by atoms with E-state index < -0.39 is 35.8 Å². The van der Waals surface area contributed by atoms with Gasteiger partial charge in [0.25, 0.3) is 0 Å². The highest BCUT2D eigenvalue weighted by atomic mass is 16.5. The molecule has 0 bridgehead atoms. The Labute approximate surface area is 289 Å². The minimum atomic E-state index is -1.82. The third-order valence-electron chi connectivity index (χ3n) is 7.18. The fourth-order valence-electron chi connectivity index (χ4n) is 4.62. The molecule has 0 radical (unpaired) electrons. The highest BCUT2D eigenvalue weighted by molar-refractivity contribution is 6.28. The number of aliphatic carboxylic acids is 6. The zero-order valence-electron chi connectivity index (χ0n) is 27.9. The smallest absolute Gasteiger partial charge is 0.414 e. The number of nitrogens with zero attached hydrogens (tertiary/aromatic N) is 4. The van der Waals surface area contributed by atoms with Gasteiger partial charge in [-0.3, -0.25) is 19.4 Å². The Hall–Kier alpha value is -5.20. The maximum absolute atomic E-state index is 11.3. The molecule has 0 aliphatic carbocycles. The lowest BCUT2D eigenvalue weighted by molar-refractivity contribution is -0.159. The largest absolute Gasteiger partial charge is 0.473 e. The summed E-state index contributed by atoms with van der Waals surface area (Å²) in [5.41, 5.74) is 0. The van der Waals surface area contributed by atoms with Crippen LogP contribution in [0.1, 0.15) is 64.2 Å². The third-order valence-corrected chi connectivity index (χ3v) is 7.18. The first-order chi connectivity index (χ1) is 23.6. The molecule has 0 aromatic carbocycles. The van der Waals surface area contributed by atoms with Gasteiger partial charge in [-0.15, -0.1) is 0 Å². The number of hydrogen-bond acceptors (Lipinski definition) is 10. The molecule has 0 unspecified atom stereocenters. The molecule has 4 saturated heterocycles. The minimum Gasteiger partial charge on any atom is -0.473 e. The van der Waals surface area contributed by atoms with Crippen LogP contribution in [0.5, 0.6) is 0 Å². The van der Waals surface area contributed by atoms with E-state index in [9.17, 15) is 9.59 Å². The molecule has 4 aliphatic rings. The second-order valence-corrected chi connectivity index (χ2v) is 11.0.